The van der Waals surface area contributed by atoms with Gasteiger partial charge in [0.1, 0.15) is 5.82 Å². The predicted octanol–water partition coefficient (Wildman–Crippen LogP) is 3.37. The Bertz CT molecular complexity index is 870. The molecular weight excluding hydrogens is 371 g/mol. The second-order valence-electron chi connectivity index (χ2n) is 7.36. The SMILES string of the molecule is CN1CCn2ccnc2C12CCN(C(=O)Nc1ccccc1C(F)(F)F)CC2. The molecule has 2 aliphatic heterocycles. The number of aromatic nitrogens is 2. The molecule has 2 aromatic rings. The highest BCUT2D eigenvalue weighted by atomic mass is 19.4. The van der Waals surface area contributed by atoms with Crippen LogP contribution in [0.3, 0.4) is 0 Å². The average Bonchev–Trinajstić information content (AvgIpc) is 3.15. The second-order valence-corrected chi connectivity index (χ2v) is 7.36. The molecule has 6 nitrogen and oxygen atoms in total. The van der Waals surface area contributed by atoms with Crippen LogP contribution >= 0.6 is 0 Å². The van der Waals surface area contributed by atoms with E-state index in [1.54, 1.807) is 11.1 Å². The zero-order chi connectivity index (χ0) is 19.9. The average molecular weight is 393 g/mol. The van der Waals surface area contributed by atoms with Crippen molar-refractivity contribution in [2.45, 2.75) is 31.1 Å². The molecule has 28 heavy (non-hydrogen) atoms. The molecule has 9 heteroatoms. The molecule has 0 unspecified atom stereocenters. The third kappa shape index (κ3) is 3.13. The van der Waals surface area contributed by atoms with Crippen LogP contribution in [0.4, 0.5) is 23.7 Å². The zero-order valence-electron chi connectivity index (χ0n) is 15.5. The smallest absolute Gasteiger partial charge is 0.332 e. The fraction of sp³-hybridized carbons (Fsp3) is 0.474. The first-order valence-electron chi connectivity index (χ1n) is 9.26. The summed E-state index contributed by atoms with van der Waals surface area (Å²) in [5.41, 5.74) is -1.29. The number of carbonyl (C=O) groups is 1. The molecule has 2 aliphatic rings. The largest absolute Gasteiger partial charge is 0.418 e. The number of likely N-dealkylation sites (tertiary alicyclic amines) is 1. The van der Waals surface area contributed by atoms with Gasteiger partial charge >= 0.3 is 12.2 Å². The normalized spacial score (nSPS) is 19.5. The van der Waals surface area contributed by atoms with E-state index in [0.29, 0.717) is 25.9 Å². The van der Waals surface area contributed by atoms with Gasteiger partial charge in [-0.15, -0.1) is 0 Å². The summed E-state index contributed by atoms with van der Waals surface area (Å²) in [7, 11) is 2.06. The molecule has 1 spiro atoms. The number of rotatable bonds is 1. The highest BCUT2D eigenvalue weighted by Gasteiger charge is 2.45. The number of halogens is 3. The zero-order valence-corrected chi connectivity index (χ0v) is 15.5. The molecule has 3 heterocycles. The number of nitrogens with zero attached hydrogens (tertiary/aromatic N) is 4. The maximum Gasteiger partial charge on any atom is 0.418 e. The van der Waals surface area contributed by atoms with Crippen LogP contribution in [-0.4, -0.2) is 52.1 Å². The van der Waals surface area contributed by atoms with E-state index in [1.807, 2.05) is 6.20 Å². The minimum Gasteiger partial charge on any atom is -0.332 e. The van der Waals surface area contributed by atoms with Crippen LogP contribution in [0.5, 0.6) is 0 Å². The van der Waals surface area contributed by atoms with Crippen molar-refractivity contribution in [2.75, 3.05) is 32.0 Å². The lowest BCUT2D eigenvalue weighted by atomic mass is 9.83. The van der Waals surface area contributed by atoms with Gasteiger partial charge in [0.15, 0.2) is 0 Å². The van der Waals surface area contributed by atoms with E-state index in [1.165, 1.54) is 18.2 Å². The molecule has 1 fully saturated rings. The molecule has 4 rings (SSSR count). The first-order valence-corrected chi connectivity index (χ1v) is 9.26. The van der Waals surface area contributed by atoms with E-state index in [-0.39, 0.29) is 11.2 Å². The molecule has 1 aromatic heterocycles. The van der Waals surface area contributed by atoms with Crippen molar-refractivity contribution in [1.82, 2.24) is 19.4 Å². The quantitative estimate of drug-likeness (QED) is 0.808. The van der Waals surface area contributed by atoms with E-state index in [0.717, 1.165) is 25.0 Å². The lowest BCUT2D eigenvalue weighted by molar-refractivity contribution is -0.136. The number of benzene rings is 1. The van der Waals surface area contributed by atoms with Crippen LogP contribution in [0.2, 0.25) is 0 Å². The van der Waals surface area contributed by atoms with Crippen LogP contribution in [0, 0.1) is 0 Å². The van der Waals surface area contributed by atoms with Crippen molar-refractivity contribution in [3.63, 3.8) is 0 Å². The Morgan fingerprint density at radius 3 is 2.57 bits per heavy atom. The van der Waals surface area contributed by atoms with Gasteiger partial charge in [-0.05, 0) is 32.0 Å². The lowest BCUT2D eigenvalue weighted by Gasteiger charge is -2.49. The van der Waals surface area contributed by atoms with Gasteiger partial charge in [-0.3, -0.25) is 4.90 Å². The van der Waals surface area contributed by atoms with Gasteiger partial charge in [0, 0.05) is 38.6 Å². The first-order chi connectivity index (χ1) is 13.3. The van der Waals surface area contributed by atoms with Crippen LogP contribution in [0.1, 0.15) is 24.2 Å². The van der Waals surface area contributed by atoms with Crippen molar-refractivity contribution < 1.29 is 18.0 Å². The molecule has 1 saturated heterocycles. The number of urea groups is 1. The van der Waals surface area contributed by atoms with Crippen LogP contribution in [0.15, 0.2) is 36.7 Å². The maximum absolute atomic E-state index is 13.2. The van der Waals surface area contributed by atoms with Crippen LogP contribution < -0.4 is 5.32 Å². The van der Waals surface area contributed by atoms with Crippen molar-refractivity contribution in [2.24, 2.45) is 0 Å². The summed E-state index contributed by atoms with van der Waals surface area (Å²) in [5.74, 6) is 1.00. The molecule has 150 valence electrons. The molecule has 0 radical (unpaired) electrons. The van der Waals surface area contributed by atoms with Crippen molar-refractivity contribution in [1.29, 1.82) is 0 Å². The van der Waals surface area contributed by atoms with Crippen molar-refractivity contribution in [3.8, 4) is 0 Å². The molecule has 1 N–H and O–H groups in total. The summed E-state index contributed by atoms with van der Waals surface area (Å²) in [4.78, 5) is 21.0. The fourth-order valence-corrected chi connectivity index (χ4v) is 4.26. The summed E-state index contributed by atoms with van der Waals surface area (Å²) >= 11 is 0. The molecule has 0 saturated carbocycles. The van der Waals surface area contributed by atoms with Crippen LogP contribution in [-0.2, 0) is 18.3 Å². The summed E-state index contributed by atoms with van der Waals surface area (Å²) in [5, 5.41) is 2.44. The van der Waals surface area contributed by atoms with Crippen LogP contribution in [0.25, 0.3) is 0 Å². The number of amides is 2. The van der Waals surface area contributed by atoms with Gasteiger partial charge in [-0.2, -0.15) is 13.2 Å². The summed E-state index contributed by atoms with van der Waals surface area (Å²) < 4.78 is 41.6. The Kier molecular flexibility index (Phi) is 4.57. The Balaban J connectivity index is 1.48. The molecule has 0 atom stereocenters. The van der Waals surface area contributed by atoms with Gasteiger partial charge in [0.25, 0.3) is 0 Å². The fourth-order valence-electron chi connectivity index (χ4n) is 4.26. The minimum atomic E-state index is -4.52. The molecular formula is C19H22F3N5O. The molecule has 2 amide bonds. The lowest BCUT2D eigenvalue weighted by Crippen LogP contribution is -2.57. The number of para-hydroxylation sites is 1. The van der Waals surface area contributed by atoms with E-state index < -0.39 is 17.8 Å². The van der Waals surface area contributed by atoms with E-state index in [9.17, 15) is 18.0 Å². The number of likely N-dealkylation sites (N-methyl/N-ethyl adjacent to an activating group) is 1. The number of alkyl halides is 3. The molecule has 0 bridgehead atoms. The maximum atomic E-state index is 13.2. The highest BCUT2D eigenvalue weighted by Crippen LogP contribution is 2.40. The number of piperidine rings is 1. The molecule has 1 aromatic carbocycles. The third-order valence-electron chi connectivity index (χ3n) is 5.89. The van der Waals surface area contributed by atoms with Gasteiger partial charge in [-0.25, -0.2) is 9.78 Å². The van der Waals surface area contributed by atoms with E-state index in [4.69, 9.17) is 0 Å². The Morgan fingerprint density at radius 2 is 1.86 bits per heavy atom. The van der Waals surface area contributed by atoms with Gasteiger partial charge in [0.2, 0.25) is 0 Å². The summed E-state index contributed by atoms with van der Waals surface area (Å²) in [6.45, 7) is 2.69. The van der Waals surface area contributed by atoms with Gasteiger partial charge in [0.05, 0.1) is 16.8 Å². The predicted molar refractivity (Wildman–Crippen MR) is 97.8 cm³/mol. The Hall–Kier alpha value is -2.55. The number of nitrogens with one attached hydrogen (secondary N) is 1. The monoisotopic (exact) mass is 393 g/mol. The number of carbonyl (C=O) groups excluding carboxylic acids is 1. The first kappa shape index (κ1) is 18.8. The Morgan fingerprint density at radius 1 is 1.14 bits per heavy atom. The van der Waals surface area contributed by atoms with Crippen molar-refractivity contribution in [3.05, 3.63) is 48.0 Å². The van der Waals surface area contributed by atoms with Crippen molar-refractivity contribution >= 4 is 11.7 Å². The van der Waals surface area contributed by atoms with Gasteiger partial charge in [-0.1, -0.05) is 12.1 Å². The van der Waals surface area contributed by atoms with Gasteiger partial charge < -0.3 is 14.8 Å². The number of fused-ring (bicyclic) bond motifs is 2. The number of imidazole rings is 1. The number of hydrogen-bond donors (Lipinski definition) is 1. The van der Waals surface area contributed by atoms with E-state index in [2.05, 4.69) is 26.8 Å². The molecule has 0 aliphatic carbocycles. The highest BCUT2D eigenvalue weighted by molar-refractivity contribution is 5.90. The number of anilines is 1. The Labute approximate surface area is 160 Å². The summed E-state index contributed by atoms with van der Waals surface area (Å²) in [6.07, 6.45) is 0.627. The number of hydrogen-bond acceptors (Lipinski definition) is 3. The summed E-state index contributed by atoms with van der Waals surface area (Å²) in [6, 6.07) is 4.53. The topological polar surface area (TPSA) is 53.4 Å². The third-order valence-corrected chi connectivity index (χ3v) is 5.89. The minimum absolute atomic E-state index is 0.217. The second kappa shape index (κ2) is 6.80. The van der Waals surface area contributed by atoms with E-state index >= 15 is 0 Å². The standard InChI is InChI=1S/C19H22F3N5O/c1-25-12-13-26-11-8-23-16(26)18(25)6-9-27(10-7-18)17(28)24-15-5-3-2-4-14(15)19(20,21)22/h2-5,8,11H,6-7,9-10,12-13H2,1H3,(H,24,28).